The molecule has 6 heteroatoms. The van der Waals surface area contributed by atoms with Gasteiger partial charge in [-0.2, -0.15) is 0 Å². The molecule has 0 aromatic heterocycles. The van der Waals surface area contributed by atoms with E-state index in [1.807, 2.05) is 24.3 Å². The highest BCUT2D eigenvalue weighted by Crippen LogP contribution is 2.32. The Morgan fingerprint density at radius 2 is 2.00 bits per heavy atom. The van der Waals surface area contributed by atoms with Gasteiger partial charge in [-0.3, -0.25) is 9.59 Å². The van der Waals surface area contributed by atoms with Gasteiger partial charge in [0.15, 0.2) is 0 Å². The lowest BCUT2D eigenvalue weighted by molar-refractivity contribution is -0.137. The third-order valence-electron chi connectivity index (χ3n) is 3.65. The number of hydrogen-bond donors (Lipinski definition) is 2. The zero-order valence-corrected chi connectivity index (χ0v) is 12.6. The Morgan fingerprint density at radius 3 is 2.55 bits per heavy atom. The van der Waals surface area contributed by atoms with Crippen LogP contribution in [-0.4, -0.2) is 43.3 Å². The van der Waals surface area contributed by atoms with Gasteiger partial charge in [-0.1, -0.05) is 19.1 Å². The molecule has 1 fully saturated rings. The van der Waals surface area contributed by atoms with Crippen LogP contribution in [0.3, 0.4) is 0 Å². The summed E-state index contributed by atoms with van der Waals surface area (Å²) in [6, 6.07) is 7.92. The van der Waals surface area contributed by atoms with Crippen molar-refractivity contribution in [2.45, 2.75) is 25.2 Å². The molecule has 1 aromatic carbocycles. The first-order chi connectivity index (χ1) is 10.5. The van der Waals surface area contributed by atoms with Crippen molar-refractivity contribution in [1.29, 1.82) is 0 Å². The zero-order chi connectivity index (χ0) is 16.0. The molecule has 2 N–H and O–H groups in total. The molecule has 120 valence electrons. The van der Waals surface area contributed by atoms with Gasteiger partial charge in [-0.15, -0.1) is 0 Å². The van der Waals surface area contributed by atoms with Crippen molar-refractivity contribution in [3.05, 3.63) is 29.8 Å². The maximum Gasteiger partial charge on any atom is 0.322 e. The number of carboxylic acid groups (broad SMARTS) is 1. The molecule has 22 heavy (non-hydrogen) atoms. The van der Waals surface area contributed by atoms with Gasteiger partial charge >= 0.3 is 5.97 Å². The molecule has 2 rings (SSSR count). The van der Waals surface area contributed by atoms with E-state index in [1.54, 1.807) is 0 Å². The van der Waals surface area contributed by atoms with Crippen molar-refractivity contribution < 1.29 is 24.2 Å². The third kappa shape index (κ3) is 4.46. The minimum absolute atomic E-state index is 0.112. The molecule has 0 radical (unpaired) electrons. The first-order valence-electron chi connectivity index (χ1n) is 7.29. The number of benzene rings is 1. The number of ether oxygens (including phenoxy) is 2. The van der Waals surface area contributed by atoms with Gasteiger partial charge < -0.3 is 19.9 Å². The van der Waals surface area contributed by atoms with Gasteiger partial charge in [0.25, 0.3) is 0 Å². The van der Waals surface area contributed by atoms with Crippen molar-refractivity contribution in [3.63, 3.8) is 0 Å². The second kappa shape index (κ2) is 7.26. The van der Waals surface area contributed by atoms with Gasteiger partial charge in [-0.05, 0) is 24.1 Å². The van der Waals surface area contributed by atoms with Crippen molar-refractivity contribution in [2.24, 2.45) is 0 Å². The number of carbonyl (C=O) groups excluding carboxylic acids is 1. The highest BCUT2D eigenvalue weighted by molar-refractivity contribution is 5.80. The zero-order valence-electron chi connectivity index (χ0n) is 12.6. The third-order valence-corrected chi connectivity index (χ3v) is 3.65. The summed E-state index contributed by atoms with van der Waals surface area (Å²) in [7, 11) is 0. The quantitative estimate of drug-likeness (QED) is 0.708. The molecule has 1 aromatic rings. The molecule has 1 saturated heterocycles. The van der Waals surface area contributed by atoms with E-state index in [0.29, 0.717) is 13.0 Å². The Kier molecular flexibility index (Phi) is 5.38. The maximum absolute atomic E-state index is 11.3. The van der Waals surface area contributed by atoms with Gasteiger partial charge in [-0.25, -0.2) is 0 Å². The van der Waals surface area contributed by atoms with Crippen LogP contribution < -0.4 is 10.1 Å². The van der Waals surface area contributed by atoms with Crippen LogP contribution in [0.5, 0.6) is 5.75 Å². The Morgan fingerprint density at radius 1 is 1.32 bits per heavy atom. The monoisotopic (exact) mass is 307 g/mol. The molecule has 0 saturated carbocycles. The number of hydrogen-bond acceptors (Lipinski definition) is 4. The molecule has 0 bridgehead atoms. The first kappa shape index (κ1) is 16.3. The van der Waals surface area contributed by atoms with E-state index in [-0.39, 0.29) is 24.3 Å². The van der Waals surface area contributed by atoms with Gasteiger partial charge in [0.1, 0.15) is 12.3 Å². The number of carboxylic acids is 1. The van der Waals surface area contributed by atoms with E-state index < -0.39 is 5.97 Å². The molecule has 1 aliphatic rings. The molecular weight excluding hydrogens is 286 g/mol. The van der Waals surface area contributed by atoms with Crippen LogP contribution in [0.4, 0.5) is 0 Å². The van der Waals surface area contributed by atoms with Crippen LogP contribution in [0.25, 0.3) is 0 Å². The van der Waals surface area contributed by atoms with E-state index in [0.717, 1.165) is 19.0 Å². The number of rotatable bonds is 8. The predicted molar refractivity (Wildman–Crippen MR) is 80.0 cm³/mol. The average molecular weight is 307 g/mol. The summed E-state index contributed by atoms with van der Waals surface area (Å²) in [5, 5.41) is 10.7. The van der Waals surface area contributed by atoms with E-state index >= 15 is 0 Å². The van der Waals surface area contributed by atoms with Crippen LogP contribution in [-0.2, 0) is 19.7 Å². The number of nitrogens with one attached hydrogen (secondary N) is 1. The molecule has 1 amide bonds. The highest BCUT2D eigenvalue weighted by atomic mass is 16.5. The van der Waals surface area contributed by atoms with Crippen molar-refractivity contribution >= 4 is 11.9 Å². The predicted octanol–water partition coefficient (Wildman–Crippen LogP) is 1.33. The van der Waals surface area contributed by atoms with Crippen LogP contribution in [0, 0.1) is 0 Å². The summed E-state index contributed by atoms with van der Waals surface area (Å²) in [4.78, 5) is 21.6. The van der Waals surface area contributed by atoms with Crippen LogP contribution in [0.2, 0.25) is 0 Å². The highest BCUT2D eigenvalue weighted by Gasteiger charge is 2.34. The van der Waals surface area contributed by atoms with Crippen LogP contribution >= 0.6 is 0 Å². The lowest BCUT2D eigenvalue weighted by Crippen LogP contribution is -2.43. The fraction of sp³-hybridized carbons (Fsp3) is 0.500. The lowest BCUT2D eigenvalue weighted by atomic mass is 9.81. The van der Waals surface area contributed by atoms with E-state index in [9.17, 15) is 9.59 Å². The molecular formula is C16H21NO5. The Hall–Kier alpha value is -2.08. The van der Waals surface area contributed by atoms with Crippen LogP contribution in [0.1, 0.15) is 25.3 Å². The summed E-state index contributed by atoms with van der Waals surface area (Å²) in [6.45, 7) is 3.74. The van der Waals surface area contributed by atoms with E-state index in [2.05, 4.69) is 12.2 Å². The molecule has 1 aliphatic heterocycles. The molecule has 0 aliphatic carbocycles. The fourth-order valence-electron chi connectivity index (χ4n) is 2.21. The largest absolute Gasteiger partial charge is 0.494 e. The summed E-state index contributed by atoms with van der Waals surface area (Å²) in [5.74, 6) is -0.562. The van der Waals surface area contributed by atoms with Gasteiger partial charge in [0.05, 0.1) is 19.8 Å². The summed E-state index contributed by atoms with van der Waals surface area (Å²) in [5.41, 5.74) is 1.35. The Balaban J connectivity index is 1.67. The summed E-state index contributed by atoms with van der Waals surface area (Å²) >= 11 is 0. The summed E-state index contributed by atoms with van der Waals surface area (Å²) < 4.78 is 10.8. The number of amides is 1. The minimum atomic E-state index is -1.05. The maximum atomic E-state index is 11.3. The number of carbonyl (C=O) groups is 2. The second-order valence-corrected chi connectivity index (χ2v) is 5.70. The Bertz CT molecular complexity index is 522. The smallest absolute Gasteiger partial charge is 0.322 e. The van der Waals surface area contributed by atoms with Crippen molar-refractivity contribution in [3.8, 4) is 5.75 Å². The average Bonchev–Trinajstić information content (AvgIpc) is 2.48. The topological polar surface area (TPSA) is 84.9 Å². The SMILES string of the molecule is CC1(c2ccc(OCCCC(=O)NCC(=O)O)cc2)COC1. The molecule has 6 nitrogen and oxygen atoms in total. The molecule has 0 spiro atoms. The molecule has 0 unspecified atom stereocenters. The lowest BCUT2D eigenvalue weighted by Gasteiger charge is -2.38. The van der Waals surface area contributed by atoms with Gasteiger partial charge in [0, 0.05) is 11.8 Å². The van der Waals surface area contributed by atoms with Crippen molar-refractivity contribution in [2.75, 3.05) is 26.4 Å². The number of aliphatic carboxylic acids is 1. The first-order valence-corrected chi connectivity index (χ1v) is 7.29. The molecule has 0 atom stereocenters. The van der Waals surface area contributed by atoms with E-state index in [4.69, 9.17) is 14.6 Å². The Labute approximate surface area is 129 Å². The van der Waals surface area contributed by atoms with Crippen LogP contribution in [0.15, 0.2) is 24.3 Å². The fourth-order valence-corrected chi connectivity index (χ4v) is 2.21. The standard InChI is InChI=1S/C16H21NO5/c1-16(10-21-11-16)12-4-6-13(7-5-12)22-8-2-3-14(18)17-9-15(19)20/h4-7H,2-3,8-11H2,1H3,(H,17,18)(H,19,20). The van der Waals surface area contributed by atoms with E-state index in [1.165, 1.54) is 5.56 Å². The van der Waals surface area contributed by atoms with Crippen molar-refractivity contribution in [1.82, 2.24) is 5.32 Å². The second-order valence-electron chi connectivity index (χ2n) is 5.70. The molecule has 1 heterocycles. The van der Waals surface area contributed by atoms with Gasteiger partial charge in [0.2, 0.25) is 5.91 Å². The summed E-state index contributed by atoms with van der Waals surface area (Å²) in [6.07, 6.45) is 0.791. The minimum Gasteiger partial charge on any atom is -0.494 e. The normalized spacial score (nSPS) is 15.7.